The molecule has 0 aromatic heterocycles. The number of anilines is 1. The van der Waals surface area contributed by atoms with Crippen LogP contribution in [0.3, 0.4) is 0 Å². The van der Waals surface area contributed by atoms with Crippen LogP contribution in [0.15, 0.2) is 24.3 Å². The minimum absolute atomic E-state index is 0.0559. The highest BCUT2D eigenvalue weighted by atomic mass is 16.4. The third kappa shape index (κ3) is 8.27. The lowest BCUT2D eigenvalue weighted by atomic mass is 9.96. The molecule has 8 nitrogen and oxygen atoms in total. The highest BCUT2D eigenvalue weighted by Gasteiger charge is 2.20. The number of benzene rings is 1. The standard InChI is InChI=1S/C18H25N3O5/c1-18(2,3)17(26)19-9-8-14(22)21-13-6-4-12(5-7-13)10-15(23)20-11-16(24)25/h4-7H,8-11H2,1-3H3,(H,19,26)(H,20,23)(H,21,22)(H,24,25). The van der Waals surface area contributed by atoms with Crippen molar-refractivity contribution in [3.8, 4) is 0 Å². The van der Waals surface area contributed by atoms with Crippen LogP contribution in [0.2, 0.25) is 0 Å². The summed E-state index contributed by atoms with van der Waals surface area (Å²) in [5.41, 5.74) is 0.776. The fourth-order valence-corrected chi connectivity index (χ4v) is 1.91. The molecule has 1 aromatic carbocycles. The summed E-state index contributed by atoms with van der Waals surface area (Å²) in [4.78, 5) is 45.5. The molecule has 0 fully saturated rings. The van der Waals surface area contributed by atoms with Crippen molar-refractivity contribution >= 4 is 29.4 Å². The molecule has 0 aliphatic carbocycles. The van der Waals surface area contributed by atoms with Gasteiger partial charge >= 0.3 is 5.97 Å². The highest BCUT2D eigenvalue weighted by molar-refractivity contribution is 5.91. The van der Waals surface area contributed by atoms with E-state index in [4.69, 9.17) is 5.11 Å². The average Bonchev–Trinajstić information content (AvgIpc) is 2.53. The number of rotatable bonds is 8. The second-order valence-electron chi connectivity index (χ2n) is 6.85. The van der Waals surface area contributed by atoms with Crippen LogP contribution in [0.1, 0.15) is 32.8 Å². The molecule has 8 heteroatoms. The number of carbonyl (C=O) groups is 4. The minimum atomic E-state index is -1.10. The Hall–Kier alpha value is -2.90. The van der Waals surface area contributed by atoms with Gasteiger partial charge in [-0.15, -0.1) is 0 Å². The molecule has 142 valence electrons. The van der Waals surface area contributed by atoms with E-state index >= 15 is 0 Å². The van der Waals surface area contributed by atoms with Crippen LogP contribution in [0.5, 0.6) is 0 Å². The SMILES string of the molecule is CC(C)(C)C(=O)NCCC(=O)Nc1ccc(CC(=O)NCC(=O)O)cc1. The second kappa shape index (κ2) is 9.55. The maximum Gasteiger partial charge on any atom is 0.322 e. The first-order valence-electron chi connectivity index (χ1n) is 8.23. The first kappa shape index (κ1) is 21.1. The molecule has 1 rings (SSSR count). The molecule has 1 aromatic rings. The summed E-state index contributed by atoms with van der Waals surface area (Å²) in [5, 5.41) is 16.2. The average molecular weight is 363 g/mol. The normalized spacial score (nSPS) is 10.7. The molecule has 4 N–H and O–H groups in total. The first-order valence-corrected chi connectivity index (χ1v) is 8.23. The lowest BCUT2D eigenvalue weighted by Crippen LogP contribution is -2.36. The summed E-state index contributed by atoms with van der Waals surface area (Å²) >= 11 is 0. The summed E-state index contributed by atoms with van der Waals surface area (Å²) < 4.78 is 0. The molecule has 3 amide bonds. The van der Waals surface area contributed by atoms with Crippen molar-refractivity contribution < 1.29 is 24.3 Å². The van der Waals surface area contributed by atoms with Crippen LogP contribution in [-0.2, 0) is 25.6 Å². The topological polar surface area (TPSA) is 125 Å². The molecule has 0 unspecified atom stereocenters. The maximum absolute atomic E-state index is 11.9. The van der Waals surface area contributed by atoms with Crippen molar-refractivity contribution in [2.24, 2.45) is 5.41 Å². The van der Waals surface area contributed by atoms with E-state index in [1.807, 2.05) is 0 Å². The summed E-state index contributed by atoms with van der Waals surface area (Å²) in [6.07, 6.45) is 0.210. The predicted molar refractivity (Wildman–Crippen MR) is 96.5 cm³/mol. The zero-order chi connectivity index (χ0) is 19.7. The molecule has 0 atom stereocenters. The van der Waals surface area contributed by atoms with E-state index in [2.05, 4.69) is 16.0 Å². The Morgan fingerprint density at radius 2 is 1.58 bits per heavy atom. The molecule has 26 heavy (non-hydrogen) atoms. The molecule has 0 bridgehead atoms. The Kier molecular flexibility index (Phi) is 7.77. The van der Waals surface area contributed by atoms with E-state index in [0.717, 1.165) is 0 Å². The van der Waals surface area contributed by atoms with Crippen molar-refractivity contribution in [3.05, 3.63) is 29.8 Å². The number of hydrogen-bond donors (Lipinski definition) is 4. The molecule has 0 aliphatic rings. The Balaban J connectivity index is 2.39. The first-order chi connectivity index (χ1) is 12.1. The van der Waals surface area contributed by atoms with Crippen LogP contribution in [0.4, 0.5) is 5.69 Å². The fourth-order valence-electron chi connectivity index (χ4n) is 1.91. The van der Waals surface area contributed by atoms with E-state index in [1.165, 1.54) is 0 Å². The monoisotopic (exact) mass is 363 g/mol. The van der Waals surface area contributed by atoms with Crippen molar-refractivity contribution in [1.82, 2.24) is 10.6 Å². The fraction of sp³-hybridized carbons (Fsp3) is 0.444. The summed E-state index contributed by atoms with van der Waals surface area (Å²) in [6, 6.07) is 6.67. The Labute approximate surface area is 152 Å². The van der Waals surface area contributed by atoms with Crippen molar-refractivity contribution in [2.45, 2.75) is 33.6 Å². The number of carboxylic acids is 1. The van der Waals surface area contributed by atoms with Gasteiger partial charge in [0.15, 0.2) is 0 Å². The van der Waals surface area contributed by atoms with Gasteiger partial charge in [0.05, 0.1) is 6.42 Å². The van der Waals surface area contributed by atoms with Gasteiger partial charge in [0.1, 0.15) is 6.54 Å². The predicted octanol–water partition coefficient (Wildman–Crippen LogP) is 0.921. The minimum Gasteiger partial charge on any atom is -0.480 e. The lowest BCUT2D eigenvalue weighted by Gasteiger charge is -2.17. The molecule has 0 radical (unpaired) electrons. The number of carbonyl (C=O) groups excluding carboxylic acids is 3. The molecular weight excluding hydrogens is 338 g/mol. The zero-order valence-electron chi connectivity index (χ0n) is 15.2. The molecule has 0 aliphatic heterocycles. The largest absolute Gasteiger partial charge is 0.480 e. The molecule has 0 saturated heterocycles. The van der Waals surface area contributed by atoms with Crippen LogP contribution in [0, 0.1) is 5.41 Å². The van der Waals surface area contributed by atoms with E-state index in [1.54, 1.807) is 45.0 Å². The highest BCUT2D eigenvalue weighted by Crippen LogP contribution is 2.12. The third-order valence-electron chi connectivity index (χ3n) is 3.36. The second-order valence-corrected chi connectivity index (χ2v) is 6.85. The summed E-state index contributed by atoms with van der Waals surface area (Å²) in [5.74, 6) is -1.84. The van der Waals surface area contributed by atoms with Gasteiger partial charge in [-0.1, -0.05) is 32.9 Å². The van der Waals surface area contributed by atoms with Crippen LogP contribution in [0.25, 0.3) is 0 Å². The van der Waals surface area contributed by atoms with E-state index in [-0.39, 0.29) is 31.2 Å². The van der Waals surface area contributed by atoms with Gasteiger partial charge in [0.25, 0.3) is 0 Å². The van der Waals surface area contributed by atoms with Crippen LogP contribution in [-0.4, -0.2) is 41.9 Å². The van der Waals surface area contributed by atoms with Gasteiger partial charge < -0.3 is 21.1 Å². The van der Waals surface area contributed by atoms with Crippen molar-refractivity contribution in [2.75, 3.05) is 18.4 Å². The van der Waals surface area contributed by atoms with E-state index in [0.29, 0.717) is 11.3 Å². The van der Waals surface area contributed by atoms with Crippen LogP contribution >= 0.6 is 0 Å². The van der Waals surface area contributed by atoms with Crippen molar-refractivity contribution in [1.29, 1.82) is 0 Å². The van der Waals surface area contributed by atoms with Crippen molar-refractivity contribution in [3.63, 3.8) is 0 Å². The number of aliphatic carboxylic acids is 1. The molecule has 0 heterocycles. The molecule has 0 saturated carbocycles. The number of amides is 3. The Morgan fingerprint density at radius 3 is 2.12 bits per heavy atom. The Morgan fingerprint density at radius 1 is 0.962 bits per heavy atom. The zero-order valence-corrected chi connectivity index (χ0v) is 15.2. The number of nitrogens with one attached hydrogen (secondary N) is 3. The van der Waals surface area contributed by atoms with Gasteiger partial charge in [-0.25, -0.2) is 0 Å². The summed E-state index contributed by atoms with van der Waals surface area (Å²) in [6.45, 7) is 5.23. The number of hydrogen-bond acceptors (Lipinski definition) is 4. The lowest BCUT2D eigenvalue weighted by molar-refractivity contribution is -0.137. The quantitative estimate of drug-likeness (QED) is 0.547. The van der Waals surface area contributed by atoms with Gasteiger partial charge in [0.2, 0.25) is 17.7 Å². The van der Waals surface area contributed by atoms with E-state index < -0.39 is 23.8 Å². The van der Waals surface area contributed by atoms with Gasteiger partial charge in [-0.05, 0) is 17.7 Å². The van der Waals surface area contributed by atoms with E-state index in [9.17, 15) is 19.2 Å². The van der Waals surface area contributed by atoms with Gasteiger partial charge in [-0.2, -0.15) is 0 Å². The number of carboxylic acid groups (broad SMARTS) is 1. The third-order valence-corrected chi connectivity index (χ3v) is 3.36. The summed E-state index contributed by atoms with van der Waals surface area (Å²) in [7, 11) is 0. The van der Waals surface area contributed by atoms with Gasteiger partial charge in [0, 0.05) is 24.1 Å². The maximum atomic E-state index is 11.9. The smallest absolute Gasteiger partial charge is 0.322 e. The van der Waals surface area contributed by atoms with Crippen LogP contribution < -0.4 is 16.0 Å². The Bertz CT molecular complexity index is 662. The molecule has 0 spiro atoms. The van der Waals surface area contributed by atoms with Gasteiger partial charge in [-0.3, -0.25) is 19.2 Å². The molecular formula is C18H25N3O5.